The van der Waals surface area contributed by atoms with Gasteiger partial charge in [0.05, 0.1) is 17.0 Å². The van der Waals surface area contributed by atoms with Gasteiger partial charge >= 0.3 is 5.97 Å². The lowest BCUT2D eigenvalue weighted by Gasteiger charge is -2.13. The fourth-order valence-corrected chi connectivity index (χ4v) is 2.53. The van der Waals surface area contributed by atoms with Gasteiger partial charge in [-0.3, -0.25) is 14.6 Å². The van der Waals surface area contributed by atoms with Crippen LogP contribution in [0.25, 0.3) is 10.9 Å². The molecule has 1 unspecified atom stereocenters. The van der Waals surface area contributed by atoms with Gasteiger partial charge in [-0.25, -0.2) is 0 Å². The third kappa shape index (κ3) is 3.74. The van der Waals surface area contributed by atoms with Gasteiger partial charge in [0.25, 0.3) is 5.91 Å². The second kappa shape index (κ2) is 7.22. The van der Waals surface area contributed by atoms with Crippen LogP contribution >= 0.6 is 11.6 Å². The van der Waals surface area contributed by atoms with Crippen LogP contribution in [-0.2, 0) is 4.79 Å². The van der Waals surface area contributed by atoms with E-state index in [1.54, 1.807) is 24.4 Å². The molecule has 1 aromatic heterocycles. The number of carbonyl (C=O) groups excluding carboxylic acids is 1. The molecule has 2 N–H and O–H groups in total. The Bertz CT molecular complexity index is 703. The molecule has 2 rings (SSSR count). The van der Waals surface area contributed by atoms with E-state index in [-0.39, 0.29) is 12.5 Å². The number of rotatable bonds is 6. The molecule has 1 aromatic carbocycles. The molecule has 1 amide bonds. The Kier molecular flexibility index (Phi) is 5.33. The first-order chi connectivity index (χ1) is 10.5. The third-order valence-corrected chi connectivity index (χ3v) is 3.63. The van der Waals surface area contributed by atoms with Crippen LogP contribution in [-0.4, -0.2) is 28.5 Å². The SMILES string of the molecule is CCCC(CNC(=O)c1cc(Cl)cc2cccnc12)C(=O)O. The number of halogens is 1. The first-order valence-corrected chi connectivity index (χ1v) is 7.46. The smallest absolute Gasteiger partial charge is 0.308 e. The molecule has 0 fully saturated rings. The molecule has 0 aliphatic rings. The summed E-state index contributed by atoms with van der Waals surface area (Å²) in [5.41, 5.74) is 0.899. The van der Waals surface area contributed by atoms with E-state index in [1.807, 2.05) is 13.0 Å². The van der Waals surface area contributed by atoms with Crippen LogP contribution in [0.2, 0.25) is 5.02 Å². The van der Waals surface area contributed by atoms with Crippen molar-refractivity contribution in [1.29, 1.82) is 0 Å². The molecular formula is C16H17ClN2O3. The molecule has 0 aliphatic heterocycles. The van der Waals surface area contributed by atoms with Crippen molar-refractivity contribution in [2.75, 3.05) is 6.54 Å². The zero-order chi connectivity index (χ0) is 16.1. The van der Waals surface area contributed by atoms with Gasteiger partial charge in [0.15, 0.2) is 0 Å². The van der Waals surface area contributed by atoms with Gasteiger partial charge in [-0.1, -0.05) is 31.0 Å². The largest absolute Gasteiger partial charge is 0.481 e. The molecule has 116 valence electrons. The van der Waals surface area contributed by atoms with E-state index in [1.165, 1.54) is 0 Å². The summed E-state index contributed by atoms with van der Waals surface area (Å²) >= 11 is 6.03. The molecule has 5 nitrogen and oxygen atoms in total. The highest BCUT2D eigenvalue weighted by Crippen LogP contribution is 2.22. The fourth-order valence-electron chi connectivity index (χ4n) is 2.30. The molecule has 1 heterocycles. The van der Waals surface area contributed by atoms with Crippen LogP contribution in [0, 0.1) is 5.92 Å². The first kappa shape index (κ1) is 16.2. The minimum absolute atomic E-state index is 0.0862. The Hall–Kier alpha value is -2.14. The van der Waals surface area contributed by atoms with Crippen molar-refractivity contribution in [3.05, 3.63) is 41.0 Å². The number of carbonyl (C=O) groups is 2. The van der Waals surface area contributed by atoms with Crippen molar-refractivity contribution in [3.8, 4) is 0 Å². The van der Waals surface area contributed by atoms with Crippen LogP contribution in [0.1, 0.15) is 30.1 Å². The first-order valence-electron chi connectivity index (χ1n) is 7.08. The number of benzene rings is 1. The lowest BCUT2D eigenvalue weighted by molar-refractivity contribution is -0.141. The third-order valence-electron chi connectivity index (χ3n) is 3.41. The summed E-state index contributed by atoms with van der Waals surface area (Å²) in [7, 11) is 0. The average Bonchev–Trinajstić information content (AvgIpc) is 2.49. The van der Waals surface area contributed by atoms with Crippen molar-refractivity contribution in [2.24, 2.45) is 5.92 Å². The summed E-state index contributed by atoms with van der Waals surface area (Å²) in [6.45, 7) is 2.00. The molecule has 2 aromatic rings. The maximum Gasteiger partial charge on any atom is 0.308 e. The Morgan fingerprint density at radius 1 is 1.41 bits per heavy atom. The Morgan fingerprint density at radius 3 is 2.86 bits per heavy atom. The summed E-state index contributed by atoms with van der Waals surface area (Å²) in [5.74, 6) is -1.86. The Morgan fingerprint density at radius 2 is 2.18 bits per heavy atom. The standard InChI is InChI=1S/C16H17ClN2O3/c1-2-4-11(16(21)22)9-19-15(20)13-8-12(17)7-10-5-3-6-18-14(10)13/h3,5-8,11H,2,4,9H2,1H3,(H,19,20)(H,21,22). The van der Waals surface area contributed by atoms with Crippen molar-refractivity contribution in [2.45, 2.75) is 19.8 Å². The average molecular weight is 321 g/mol. The summed E-state index contributed by atoms with van der Waals surface area (Å²) in [6, 6.07) is 6.86. The lowest BCUT2D eigenvalue weighted by atomic mass is 10.0. The molecule has 0 bridgehead atoms. The number of nitrogens with zero attached hydrogens (tertiary/aromatic N) is 1. The number of aromatic nitrogens is 1. The summed E-state index contributed by atoms with van der Waals surface area (Å²) in [4.78, 5) is 27.7. The second-order valence-corrected chi connectivity index (χ2v) is 5.50. The zero-order valence-electron chi connectivity index (χ0n) is 12.2. The van der Waals surface area contributed by atoms with Crippen LogP contribution in [0.15, 0.2) is 30.5 Å². The van der Waals surface area contributed by atoms with Crippen molar-refractivity contribution >= 4 is 34.4 Å². The highest BCUT2D eigenvalue weighted by atomic mass is 35.5. The maximum atomic E-state index is 12.3. The van der Waals surface area contributed by atoms with Gasteiger partial charge in [-0.05, 0) is 24.6 Å². The minimum atomic E-state index is -0.906. The number of nitrogens with one attached hydrogen (secondary N) is 1. The van der Waals surface area contributed by atoms with Crippen molar-refractivity contribution in [3.63, 3.8) is 0 Å². The molecule has 1 atom stereocenters. The number of fused-ring (bicyclic) bond motifs is 1. The molecule has 0 spiro atoms. The highest BCUT2D eigenvalue weighted by molar-refractivity contribution is 6.32. The molecular weight excluding hydrogens is 304 g/mol. The van der Waals surface area contributed by atoms with Gasteiger partial charge in [-0.15, -0.1) is 0 Å². The lowest BCUT2D eigenvalue weighted by Crippen LogP contribution is -2.33. The number of aliphatic carboxylic acids is 1. The van der Waals surface area contributed by atoms with E-state index in [4.69, 9.17) is 16.7 Å². The van der Waals surface area contributed by atoms with Gasteiger partial charge in [0.1, 0.15) is 0 Å². The Labute approximate surface area is 133 Å². The summed E-state index contributed by atoms with van der Waals surface area (Å²) in [5, 5.41) is 13.0. The molecule has 0 radical (unpaired) electrons. The fraction of sp³-hybridized carbons (Fsp3) is 0.312. The quantitative estimate of drug-likeness (QED) is 0.857. The Balaban J connectivity index is 2.21. The normalized spacial score (nSPS) is 12.1. The van der Waals surface area contributed by atoms with Crippen molar-refractivity contribution in [1.82, 2.24) is 10.3 Å². The summed E-state index contributed by atoms with van der Waals surface area (Å²) in [6.07, 6.45) is 2.86. The molecule has 22 heavy (non-hydrogen) atoms. The van der Waals surface area contributed by atoms with Crippen LogP contribution in [0.3, 0.4) is 0 Å². The number of hydrogen-bond donors (Lipinski definition) is 2. The molecule has 0 saturated heterocycles. The second-order valence-electron chi connectivity index (χ2n) is 5.06. The van der Waals surface area contributed by atoms with E-state index in [9.17, 15) is 9.59 Å². The molecule has 0 saturated carbocycles. The van der Waals surface area contributed by atoms with Crippen LogP contribution in [0.4, 0.5) is 0 Å². The van der Waals surface area contributed by atoms with Gasteiger partial charge in [0.2, 0.25) is 0 Å². The zero-order valence-corrected chi connectivity index (χ0v) is 12.9. The van der Waals surface area contributed by atoms with E-state index < -0.39 is 11.9 Å². The predicted octanol–water partition coefficient (Wildman–Crippen LogP) is 3.12. The maximum absolute atomic E-state index is 12.3. The number of carboxylic acid groups (broad SMARTS) is 1. The predicted molar refractivity (Wildman–Crippen MR) is 85.1 cm³/mol. The number of hydrogen-bond acceptors (Lipinski definition) is 3. The van der Waals surface area contributed by atoms with E-state index in [0.717, 1.165) is 11.8 Å². The summed E-state index contributed by atoms with van der Waals surface area (Å²) < 4.78 is 0. The van der Waals surface area contributed by atoms with Crippen LogP contribution in [0.5, 0.6) is 0 Å². The van der Waals surface area contributed by atoms with E-state index in [2.05, 4.69) is 10.3 Å². The van der Waals surface area contributed by atoms with E-state index >= 15 is 0 Å². The highest BCUT2D eigenvalue weighted by Gasteiger charge is 2.19. The number of amides is 1. The van der Waals surface area contributed by atoms with Crippen LogP contribution < -0.4 is 5.32 Å². The van der Waals surface area contributed by atoms with Gasteiger partial charge in [0, 0.05) is 23.2 Å². The van der Waals surface area contributed by atoms with Crippen molar-refractivity contribution < 1.29 is 14.7 Å². The minimum Gasteiger partial charge on any atom is -0.481 e. The van der Waals surface area contributed by atoms with Gasteiger partial charge < -0.3 is 10.4 Å². The monoisotopic (exact) mass is 320 g/mol. The number of carboxylic acids is 1. The number of pyridine rings is 1. The molecule has 6 heteroatoms. The molecule has 0 aliphatic carbocycles. The van der Waals surface area contributed by atoms with E-state index in [0.29, 0.717) is 22.5 Å². The topological polar surface area (TPSA) is 79.3 Å². The van der Waals surface area contributed by atoms with Gasteiger partial charge in [-0.2, -0.15) is 0 Å².